The highest BCUT2D eigenvalue weighted by molar-refractivity contribution is 5.34. The summed E-state index contributed by atoms with van der Waals surface area (Å²) in [6, 6.07) is 0. The van der Waals surface area contributed by atoms with E-state index in [4.69, 9.17) is 0 Å². The van der Waals surface area contributed by atoms with Crippen molar-refractivity contribution in [1.82, 2.24) is 0 Å². The SMILES string of the molecule is CC1(C2CC2)C2C3C4C=CC(C4)C3C21. The Hall–Kier alpha value is -0.260. The highest BCUT2D eigenvalue weighted by Crippen LogP contribution is 2.87. The van der Waals surface area contributed by atoms with Crippen molar-refractivity contribution in [1.29, 1.82) is 0 Å². The van der Waals surface area contributed by atoms with Crippen LogP contribution in [0.4, 0.5) is 0 Å². The van der Waals surface area contributed by atoms with Gasteiger partial charge in [0.15, 0.2) is 0 Å². The van der Waals surface area contributed by atoms with Crippen molar-refractivity contribution < 1.29 is 0 Å². The van der Waals surface area contributed by atoms with Crippen molar-refractivity contribution in [2.45, 2.75) is 26.2 Å². The van der Waals surface area contributed by atoms with Crippen LogP contribution in [0, 0.1) is 46.8 Å². The minimum atomic E-state index is 0.846. The molecule has 0 N–H and O–H groups in total. The quantitative estimate of drug-likeness (QED) is 0.552. The Balaban J connectivity index is 1.56. The van der Waals surface area contributed by atoms with Crippen LogP contribution in [-0.2, 0) is 0 Å². The van der Waals surface area contributed by atoms with E-state index in [9.17, 15) is 0 Å². The van der Waals surface area contributed by atoms with E-state index in [1.807, 2.05) is 0 Å². The molecule has 6 unspecified atom stereocenters. The largest absolute Gasteiger partial charge is 0.0848 e. The molecule has 4 saturated carbocycles. The molecule has 0 saturated heterocycles. The van der Waals surface area contributed by atoms with Crippen LogP contribution in [0.1, 0.15) is 26.2 Å². The van der Waals surface area contributed by atoms with E-state index in [0.717, 1.165) is 35.0 Å². The molecule has 74 valence electrons. The fraction of sp³-hybridized carbons (Fsp3) is 0.857. The maximum atomic E-state index is 2.62. The number of fused-ring (bicyclic) bond motifs is 8. The zero-order valence-corrected chi connectivity index (χ0v) is 8.82. The first-order valence-corrected chi connectivity index (χ1v) is 6.50. The van der Waals surface area contributed by atoms with Gasteiger partial charge in [-0.2, -0.15) is 0 Å². The summed E-state index contributed by atoms with van der Waals surface area (Å²) in [5.41, 5.74) is 0.846. The normalized spacial score (nSPS) is 71.5. The maximum Gasteiger partial charge on any atom is -0.0193 e. The van der Waals surface area contributed by atoms with Gasteiger partial charge in [0, 0.05) is 0 Å². The highest BCUT2D eigenvalue weighted by atomic mass is 14.9. The summed E-state index contributed by atoms with van der Waals surface area (Å²) in [4.78, 5) is 0. The first-order valence-electron chi connectivity index (χ1n) is 6.50. The third-order valence-electron chi connectivity index (χ3n) is 6.58. The minimum Gasteiger partial charge on any atom is -0.0848 e. The molecule has 5 aliphatic rings. The summed E-state index contributed by atoms with van der Waals surface area (Å²) in [6.45, 7) is 2.62. The topological polar surface area (TPSA) is 0 Å². The second-order valence-electron chi connectivity index (χ2n) is 6.79. The zero-order chi connectivity index (χ0) is 9.08. The van der Waals surface area contributed by atoms with E-state index < -0.39 is 0 Å². The van der Waals surface area contributed by atoms with Crippen molar-refractivity contribution in [2.75, 3.05) is 0 Å². The average Bonchev–Trinajstić information content (AvgIpc) is 2.96. The molecular weight excluding hydrogens is 168 g/mol. The Kier molecular flexibility index (Phi) is 0.882. The van der Waals surface area contributed by atoms with Crippen molar-refractivity contribution in [2.24, 2.45) is 46.8 Å². The molecule has 0 radical (unpaired) electrons. The lowest BCUT2D eigenvalue weighted by Gasteiger charge is -2.36. The molecule has 2 bridgehead atoms. The number of hydrogen-bond donors (Lipinski definition) is 0. The van der Waals surface area contributed by atoms with Crippen molar-refractivity contribution >= 4 is 0 Å². The summed E-state index contributed by atoms with van der Waals surface area (Å²) in [6.07, 6.45) is 9.75. The van der Waals surface area contributed by atoms with Crippen LogP contribution in [0.3, 0.4) is 0 Å². The lowest BCUT2D eigenvalue weighted by atomic mass is 9.68. The van der Waals surface area contributed by atoms with Crippen LogP contribution in [0.2, 0.25) is 0 Å². The average molecular weight is 186 g/mol. The highest BCUT2D eigenvalue weighted by Gasteiger charge is 2.82. The van der Waals surface area contributed by atoms with Gasteiger partial charge in [-0.3, -0.25) is 0 Å². The smallest absolute Gasteiger partial charge is 0.0193 e. The standard InChI is InChI=1S/C14H18/c1-14(9-4-5-9)12-10-7-2-3-8(6-7)11(10)13(12)14/h2-3,7-13H,4-6H2,1H3. The molecule has 0 aromatic carbocycles. The first-order chi connectivity index (χ1) is 6.82. The molecule has 0 nitrogen and oxygen atoms in total. The first kappa shape index (κ1) is 7.09. The van der Waals surface area contributed by atoms with Crippen LogP contribution < -0.4 is 0 Å². The van der Waals surface area contributed by atoms with Gasteiger partial charge >= 0.3 is 0 Å². The van der Waals surface area contributed by atoms with Crippen LogP contribution in [-0.4, -0.2) is 0 Å². The van der Waals surface area contributed by atoms with Crippen molar-refractivity contribution in [3.8, 4) is 0 Å². The third kappa shape index (κ3) is 0.506. The van der Waals surface area contributed by atoms with Crippen LogP contribution in [0.15, 0.2) is 12.2 Å². The van der Waals surface area contributed by atoms with E-state index in [1.165, 1.54) is 18.3 Å². The fourth-order valence-electron chi connectivity index (χ4n) is 5.92. The van der Waals surface area contributed by atoms with E-state index in [1.54, 1.807) is 12.8 Å². The summed E-state index contributed by atoms with van der Waals surface area (Å²) >= 11 is 0. The van der Waals surface area contributed by atoms with Crippen molar-refractivity contribution in [3.05, 3.63) is 12.2 Å². The van der Waals surface area contributed by atoms with Gasteiger partial charge in [0.25, 0.3) is 0 Å². The molecule has 14 heavy (non-hydrogen) atoms. The van der Waals surface area contributed by atoms with Gasteiger partial charge in [0.05, 0.1) is 0 Å². The Bertz CT molecular complexity index is 325. The molecule has 0 aromatic heterocycles. The van der Waals surface area contributed by atoms with Crippen LogP contribution in [0.5, 0.6) is 0 Å². The minimum absolute atomic E-state index is 0.846. The zero-order valence-electron chi connectivity index (χ0n) is 8.82. The van der Waals surface area contributed by atoms with E-state index in [2.05, 4.69) is 19.1 Å². The molecule has 4 fully saturated rings. The van der Waals surface area contributed by atoms with E-state index in [0.29, 0.717) is 0 Å². The van der Waals surface area contributed by atoms with Gasteiger partial charge in [-0.05, 0) is 66.1 Å². The lowest BCUT2D eigenvalue weighted by molar-refractivity contribution is 0.140. The van der Waals surface area contributed by atoms with Gasteiger partial charge in [0.2, 0.25) is 0 Å². The second-order valence-corrected chi connectivity index (χ2v) is 6.79. The molecule has 6 atom stereocenters. The number of hydrogen-bond acceptors (Lipinski definition) is 0. The summed E-state index contributed by atoms with van der Waals surface area (Å²) in [7, 11) is 0. The maximum absolute atomic E-state index is 2.62. The molecule has 0 aromatic rings. The molecule has 0 heteroatoms. The van der Waals surface area contributed by atoms with Crippen molar-refractivity contribution in [3.63, 3.8) is 0 Å². The van der Waals surface area contributed by atoms with Gasteiger partial charge in [-0.1, -0.05) is 19.1 Å². The summed E-state index contributed by atoms with van der Waals surface area (Å²) < 4.78 is 0. The fourth-order valence-corrected chi connectivity index (χ4v) is 5.92. The van der Waals surface area contributed by atoms with Gasteiger partial charge in [-0.15, -0.1) is 0 Å². The Labute approximate surface area is 85.8 Å². The van der Waals surface area contributed by atoms with E-state index >= 15 is 0 Å². The monoisotopic (exact) mass is 186 g/mol. The van der Waals surface area contributed by atoms with E-state index in [-0.39, 0.29) is 0 Å². The number of allylic oxidation sites excluding steroid dienone is 2. The molecule has 5 rings (SSSR count). The van der Waals surface area contributed by atoms with Gasteiger partial charge in [-0.25, -0.2) is 0 Å². The number of rotatable bonds is 1. The van der Waals surface area contributed by atoms with Crippen LogP contribution >= 0.6 is 0 Å². The second kappa shape index (κ2) is 1.74. The predicted octanol–water partition coefficient (Wildman–Crippen LogP) is 3.10. The summed E-state index contributed by atoms with van der Waals surface area (Å²) in [5, 5.41) is 0. The molecular formula is C14H18. The predicted molar refractivity (Wildman–Crippen MR) is 55.5 cm³/mol. The summed E-state index contributed by atoms with van der Waals surface area (Å²) in [5.74, 6) is 7.86. The molecule has 0 heterocycles. The molecule has 0 aliphatic heterocycles. The molecule has 5 aliphatic carbocycles. The van der Waals surface area contributed by atoms with Gasteiger partial charge in [0.1, 0.15) is 0 Å². The molecule has 0 amide bonds. The Morgan fingerprint density at radius 3 is 2.07 bits per heavy atom. The Morgan fingerprint density at radius 1 is 1.00 bits per heavy atom. The van der Waals surface area contributed by atoms with Crippen LogP contribution in [0.25, 0.3) is 0 Å². The lowest BCUT2D eigenvalue weighted by Crippen LogP contribution is -2.32. The Morgan fingerprint density at radius 2 is 1.57 bits per heavy atom. The van der Waals surface area contributed by atoms with Gasteiger partial charge < -0.3 is 0 Å². The molecule has 0 spiro atoms. The third-order valence-corrected chi connectivity index (χ3v) is 6.58.